The predicted molar refractivity (Wildman–Crippen MR) is 110 cm³/mol. The van der Waals surface area contributed by atoms with Crippen molar-refractivity contribution < 1.29 is 14.3 Å². The van der Waals surface area contributed by atoms with Gasteiger partial charge in [0.2, 0.25) is 0 Å². The molecule has 0 spiro atoms. The van der Waals surface area contributed by atoms with Crippen LogP contribution in [0.3, 0.4) is 0 Å². The Morgan fingerprint density at radius 3 is 2.33 bits per heavy atom. The lowest BCUT2D eigenvalue weighted by atomic mass is 10.0. The van der Waals surface area contributed by atoms with Crippen molar-refractivity contribution in [1.82, 2.24) is 5.32 Å². The van der Waals surface area contributed by atoms with Gasteiger partial charge in [-0.05, 0) is 81.0 Å². The summed E-state index contributed by atoms with van der Waals surface area (Å²) in [7, 11) is 1.66. The third-order valence-corrected chi connectivity index (χ3v) is 4.98. The maximum absolute atomic E-state index is 12.7. The van der Waals surface area contributed by atoms with E-state index in [9.17, 15) is 4.79 Å². The van der Waals surface area contributed by atoms with Crippen molar-refractivity contribution in [3.63, 3.8) is 0 Å². The summed E-state index contributed by atoms with van der Waals surface area (Å²) < 4.78 is 11.3. The van der Waals surface area contributed by atoms with E-state index >= 15 is 0 Å². The van der Waals surface area contributed by atoms with Gasteiger partial charge in [-0.1, -0.05) is 25.1 Å². The van der Waals surface area contributed by atoms with Crippen LogP contribution in [-0.4, -0.2) is 19.1 Å². The standard InChI is InChI=1S/C23H31NO3/c1-8-20(19-9-10-21(26-7)16(4)13-19)24-23(25)18(6)27-22-12-14(2)11-15(3)17(22)5/h9-13,18,20H,8H2,1-7H3,(H,24,25)/t18-,20+/m0/s1. The van der Waals surface area contributed by atoms with E-state index in [2.05, 4.69) is 31.3 Å². The molecule has 0 aliphatic heterocycles. The fraction of sp³-hybridized carbons (Fsp3) is 0.435. The fourth-order valence-electron chi connectivity index (χ4n) is 3.20. The Morgan fingerprint density at radius 1 is 1.04 bits per heavy atom. The second-order valence-electron chi connectivity index (χ2n) is 7.16. The number of nitrogens with one attached hydrogen (secondary N) is 1. The van der Waals surface area contributed by atoms with Gasteiger partial charge >= 0.3 is 0 Å². The molecule has 0 fully saturated rings. The number of methoxy groups -OCH3 is 1. The molecule has 0 radical (unpaired) electrons. The fourth-order valence-corrected chi connectivity index (χ4v) is 3.20. The smallest absolute Gasteiger partial charge is 0.261 e. The summed E-state index contributed by atoms with van der Waals surface area (Å²) in [5.41, 5.74) is 5.48. The summed E-state index contributed by atoms with van der Waals surface area (Å²) >= 11 is 0. The van der Waals surface area contributed by atoms with E-state index in [0.717, 1.165) is 45.7 Å². The summed E-state index contributed by atoms with van der Waals surface area (Å²) in [5.74, 6) is 1.50. The largest absolute Gasteiger partial charge is 0.496 e. The average molecular weight is 370 g/mol. The molecule has 27 heavy (non-hydrogen) atoms. The number of carbonyl (C=O) groups is 1. The zero-order valence-electron chi connectivity index (χ0n) is 17.5. The van der Waals surface area contributed by atoms with Crippen LogP contribution < -0.4 is 14.8 Å². The van der Waals surface area contributed by atoms with E-state index in [1.54, 1.807) is 14.0 Å². The van der Waals surface area contributed by atoms with E-state index in [-0.39, 0.29) is 11.9 Å². The second kappa shape index (κ2) is 8.94. The lowest BCUT2D eigenvalue weighted by Crippen LogP contribution is -2.38. The molecule has 0 unspecified atom stereocenters. The number of aryl methyl sites for hydroxylation is 3. The molecule has 2 aromatic rings. The van der Waals surface area contributed by atoms with Crippen molar-refractivity contribution in [3.05, 3.63) is 58.1 Å². The molecular formula is C23H31NO3. The highest BCUT2D eigenvalue weighted by Gasteiger charge is 2.21. The van der Waals surface area contributed by atoms with Crippen LogP contribution in [0.15, 0.2) is 30.3 Å². The first-order valence-corrected chi connectivity index (χ1v) is 9.46. The van der Waals surface area contributed by atoms with Crippen LogP contribution in [0.4, 0.5) is 0 Å². The quantitative estimate of drug-likeness (QED) is 0.750. The minimum Gasteiger partial charge on any atom is -0.496 e. The van der Waals surface area contributed by atoms with E-state index < -0.39 is 6.10 Å². The molecule has 2 rings (SSSR count). The van der Waals surface area contributed by atoms with Gasteiger partial charge in [0.15, 0.2) is 6.10 Å². The highest BCUT2D eigenvalue weighted by molar-refractivity contribution is 5.81. The minimum atomic E-state index is -0.571. The lowest BCUT2D eigenvalue weighted by Gasteiger charge is -2.22. The molecular weight excluding hydrogens is 338 g/mol. The third-order valence-electron chi connectivity index (χ3n) is 4.98. The Hall–Kier alpha value is -2.49. The van der Waals surface area contributed by atoms with Crippen LogP contribution in [-0.2, 0) is 4.79 Å². The molecule has 0 aliphatic rings. The first-order valence-electron chi connectivity index (χ1n) is 9.46. The zero-order valence-corrected chi connectivity index (χ0v) is 17.5. The van der Waals surface area contributed by atoms with E-state index in [1.165, 1.54) is 0 Å². The van der Waals surface area contributed by atoms with Crippen molar-refractivity contribution in [2.24, 2.45) is 0 Å². The normalized spacial score (nSPS) is 13.0. The van der Waals surface area contributed by atoms with Gasteiger partial charge in [0.25, 0.3) is 5.91 Å². The monoisotopic (exact) mass is 369 g/mol. The van der Waals surface area contributed by atoms with Crippen molar-refractivity contribution in [3.8, 4) is 11.5 Å². The van der Waals surface area contributed by atoms with Gasteiger partial charge in [-0.3, -0.25) is 4.79 Å². The molecule has 0 saturated heterocycles. The van der Waals surface area contributed by atoms with Crippen LogP contribution >= 0.6 is 0 Å². The Balaban J connectivity index is 2.11. The maximum atomic E-state index is 12.7. The average Bonchev–Trinajstić information content (AvgIpc) is 2.63. The number of amides is 1. The number of ether oxygens (including phenoxy) is 2. The molecule has 146 valence electrons. The summed E-state index contributed by atoms with van der Waals surface area (Å²) in [4.78, 5) is 12.7. The predicted octanol–water partition coefficient (Wildman–Crippen LogP) is 4.96. The van der Waals surface area contributed by atoms with Gasteiger partial charge in [0, 0.05) is 0 Å². The SMILES string of the molecule is CC[C@@H](NC(=O)[C@H](C)Oc1cc(C)cc(C)c1C)c1ccc(OC)c(C)c1. The topological polar surface area (TPSA) is 47.6 Å². The highest BCUT2D eigenvalue weighted by Crippen LogP contribution is 2.26. The van der Waals surface area contributed by atoms with Gasteiger partial charge in [-0.2, -0.15) is 0 Å². The van der Waals surface area contributed by atoms with E-state index in [0.29, 0.717) is 0 Å². The van der Waals surface area contributed by atoms with Crippen LogP contribution in [0, 0.1) is 27.7 Å². The molecule has 0 aromatic heterocycles. The molecule has 4 nitrogen and oxygen atoms in total. The van der Waals surface area contributed by atoms with Gasteiger partial charge in [-0.25, -0.2) is 0 Å². The molecule has 4 heteroatoms. The van der Waals surface area contributed by atoms with Gasteiger partial charge in [-0.15, -0.1) is 0 Å². The van der Waals surface area contributed by atoms with E-state index in [4.69, 9.17) is 9.47 Å². The maximum Gasteiger partial charge on any atom is 0.261 e. The number of benzene rings is 2. The summed E-state index contributed by atoms with van der Waals surface area (Å²) in [6.07, 6.45) is 0.227. The summed E-state index contributed by atoms with van der Waals surface area (Å²) in [6.45, 7) is 12.0. The number of rotatable bonds is 7. The van der Waals surface area contributed by atoms with Gasteiger partial charge in [0.1, 0.15) is 11.5 Å². The van der Waals surface area contributed by atoms with E-state index in [1.807, 2.05) is 39.0 Å². The van der Waals surface area contributed by atoms with Crippen LogP contribution in [0.2, 0.25) is 0 Å². The summed E-state index contributed by atoms with van der Waals surface area (Å²) in [5, 5.41) is 3.11. The van der Waals surface area contributed by atoms with Crippen molar-refractivity contribution in [2.75, 3.05) is 7.11 Å². The Bertz CT molecular complexity index is 814. The molecule has 2 aromatic carbocycles. The number of hydrogen-bond acceptors (Lipinski definition) is 3. The minimum absolute atomic E-state index is 0.0616. The molecule has 1 N–H and O–H groups in total. The van der Waals surface area contributed by atoms with Crippen molar-refractivity contribution in [2.45, 2.75) is 60.1 Å². The Labute approximate surface area is 162 Å². The van der Waals surface area contributed by atoms with Crippen LogP contribution in [0.25, 0.3) is 0 Å². The van der Waals surface area contributed by atoms with Crippen LogP contribution in [0.1, 0.15) is 54.1 Å². The molecule has 0 saturated carbocycles. The number of carbonyl (C=O) groups excluding carboxylic acids is 1. The van der Waals surface area contributed by atoms with Gasteiger partial charge < -0.3 is 14.8 Å². The molecule has 0 bridgehead atoms. The lowest BCUT2D eigenvalue weighted by molar-refractivity contribution is -0.128. The van der Waals surface area contributed by atoms with Gasteiger partial charge in [0.05, 0.1) is 13.2 Å². The zero-order chi connectivity index (χ0) is 20.1. The molecule has 0 heterocycles. The first-order chi connectivity index (χ1) is 12.8. The Kier molecular flexibility index (Phi) is 6.89. The molecule has 2 atom stereocenters. The second-order valence-corrected chi connectivity index (χ2v) is 7.16. The molecule has 0 aliphatic carbocycles. The summed E-state index contributed by atoms with van der Waals surface area (Å²) in [6, 6.07) is 10.0. The Morgan fingerprint density at radius 2 is 1.74 bits per heavy atom. The third kappa shape index (κ3) is 5.03. The van der Waals surface area contributed by atoms with Crippen LogP contribution in [0.5, 0.6) is 11.5 Å². The first kappa shape index (κ1) is 20.8. The van der Waals surface area contributed by atoms with Crippen molar-refractivity contribution in [1.29, 1.82) is 0 Å². The highest BCUT2D eigenvalue weighted by atomic mass is 16.5. The molecule has 1 amide bonds. The van der Waals surface area contributed by atoms with Crippen molar-refractivity contribution >= 4 is 5.91 Å². The number of hydrogen-bond donors (Lipinski definition) is 1.